The highest BCUT2D eigenvalue weighted by Crippen LogP contribution is 2.26. The molecule has 1 heteroatoms. The molecule has 0 amide bonds. The summed E-state index contributed by atoms with van der Waals surface area (Å²) in [6.45, 7) is 6.37. The molecule has 1 heterocycles. The average molecular weight is 174 g/mol. The van der Waals surface area contributed by atoms with E-state index in [1.807, 2.05) is 0 Å². The van der Waals surface area contributed by atoms with Gasteiger partial charge in [-0.15, -0.1) is 0 Å². The maximum Gasteiger partial charge on any atom is 0.137 e. The Hall–Kier alpha value is -1.24. The van der Waals surface area contributed by atoms with Gasteiger partial charge in [-0.2, -0.15) is 0 Å². The molecule has 0 saturated heterocycles. The van der Waals surface area contributed by atoms with Gasteiger partial charge in [0, 0.05) is 11.3 Å². The highest BCUT2D eigenvalue weighted by molar-refractivity contribution is 5.80. The maximum absolute atomic E-state index is 5.76. The fourth-order valence-electron chi connectivity index (χ4n) is 1.51. The van der Waals surface area contributed by atoms with Gasteiger partial charge in [-0.25, -0.2) is 0 Å². The van der Waals surface area contributed by atoms with Crippen LogP contribution in [0.1, 0.15) is 31.1 Å². The number of fused-ring (bicyclic) bond motifs is 1. The molecule has 0 radical (unpaired) electrons. The number of aryl methyl sites for hydroxylation is 1. The van der Waals surface area contributed by atoms with E-state index in [9.17, 15) is 0 Å². The summed E-state index contributed by atoms with van der Waals surface area (Å²) < 4.78 is 5.76. The number of rotatable bonds is 1. The van der Waals surface area contributed by atoms with Crippen molar-refractivity contribution in [1.82, 2.24) is 0 Å². The van der Waals surface area contributed by atoms with Gasteiger partial charge in [-0.3, -0.25) is 0 Å². The number of para-hydroxylation sites is 1. The van der Waals surface area contributed by atoms with E-state index < -0.39 is 0 Å². The maximum atomic E-state index is 5.76. The summed E-state index contributed by atoms with van der Waals surface area (Å²) in [7, 11) is 0. The van der Waals surface area contributed by atoms with E-state index in [-0.39, 0.29) is 0 Å². The van der Waals surface area contributed by atoms with Gasteiger partial charge in [0.15, 0.2) is 0 Å². The van der Waals surface area contributed by atoms with Gasteiger partial charge in [0.1, 0.15) is 11.3 Å². The molecule has 68 valence electrons. The fraction of sp³-hybridized carbons (Fsp3) is 0.333. The van der Waals surface area contributed by atoms with Crippen molar-refractivity contribution < 1.29 is 4.42 Å². The van der Waals surface area contributed by atoms with Crippen molar-refractivity contribution in [2.24, 2.45) is 0 Å². The van der Waals surface area contributed by atoms with Crippen LogP contribution in [0.5, 0.6) is 0 Å². The van der Waals surface area contributed by atoms with Crippen molar-refractivity contribution in [3.63, 3.8) is 0 Å². The first-order chi connectivity index (χ1) is 6.18. The third kappa shape index (κ3) is 1.35. The zero-order valence-corrected chi connectivity index (χ0v) is 8.29. The van der Waals surface area contributed by atoms with Crippen LogP contribution in [0, 0.1) is 6.92 Å². The fourth-order valence-corrected chi connectivity index (χ4v) is 1.51. The van der Waals surface area contributed by atoms with Crippen LogP contribution in [-0.2, 0) is 0 Å². The Bertz CT molecular complexity index is 424. The van der Waals surface area contributed by atoms with Crippen molar-refractivity contribution >= 4 is 11.0 Å². The van der Waals surface area contributed by atoms with E-state index in [0.717, 1.165) is 11.3 Å². The molecule has 1 aromatic heterocycles. The van der Waals surface area contributed by atoms with Crippen LogP contribution in [0.2, 0.25) is 0 Å². The molecule has 0 saturated carbocycles. The molecule has 2 rings (SSSR count). The van der Waals surface area contributed by atoms with Gasteiger partial charge < -0.3 is 4.42 Å². The lowest BCUT2D eigenvalue weighted by atomic mass is 10.1. The van der Waals surface area contributed by atoms with Crippen molar-refractivity contribution in [2.75, 3.05) is 0 Å². The van der Waals surface area contributed by atoms with Crippen LogP contribution < -0.4 is 0 Å². The van der Waals surface area contributed by atoms with E-state index in [2.05, 4.69) is 45.0 Å². The Morgan fingerprint density at radius 1 is 1.23 bits per heavy atom. The second-order valence-corrected chi connectivity index (χ2v) is 3.80. The molecule has 0 fully saturated rings. The average Bonchev–Trinajstić information content (AvgIpc) is 2.49. The molecule has 0 aliphatic rings. The summed E-state index contributed by atoms with van der Waals surface area (Å²) in [6, 6.07) is 8.37. The van der Waals surface area contributed by atoms with Crippen LogP contribution in [0.25, 0.3) is 11.0 Å². The van der Waals surface area contributed by atoms with Crippen LogP contribution in [0.4, 0.5) is 0 Å². The molecule has 2 aromatic rings. The summed E-state index contributed by atoms with van der Waals surface area (Å²) in [6.07, 6.45) is 0. The highest BCUT2D eigenvalue weighted by Gasteiger charge is 2.07. The molecule has 0 N–H and O–H groups in total. The zero-order chi connectivity index (χ0) is 9.42. The molecule has 0 aliphatic heterocycles. The zero-order valence-electron chi connectivity index (χ0n) is 8.29. The van der Waals surface area contributed by atoms with Crippen LogP contribution >= 0.6 is 0 Å². The molecule has 13 heavy (non-hydrogen) atoms. The third-order valence-electron chi connectivity index (χ3n) is 2.33. The Morgan fingerprint density at radius 2 is 2.00 bits per heavy atom. The highest BCUT2D eigenvalue weighted by atomic mass is 16.3. The standard InChI is InChI=1S/C12H14O/c1-8(2)11-7-10-6-4-5-9(3)12(10)13-11/h4-8H,1-3H3. The van der Waals surface area contributed by atoms with Gasteiger partial charge >= 0.3 is 0 Å². The lowest BCUT2D eigenvalue weighted by molar-refractivity contribution is 0.520. The summed E-state index contributed by atoms with van der Waals surface area (Å²) in [5.41, 5.74) is 2.25. The quantitative estimate of drug-likeness (QED) is 0.639. The largest absolute Gasteiger partial charge is 0.461 e. The van der Waals surface area contributed by atoms with Gasteiger partial charge in [-0.1, -0.05) is 32.0 Å². The van der Waals surface area contributed by atoms with Gasteiger partial charge in [0.05, 0.1) is 0 Å². The Morgan fingerprint density at radius 3 is 2.62 bits per heavy atom. The SMILES string of the molecule is Cc1cccc2cc(C(C)C)oc12. The lowest BCUT2D eigenvalue weighted by Gasteiger charge is -1.96. The van der Waals surface area contributed by atoms with E-state index in [1.54, 1.807) is 0 Å². The molecular weight excluding hydrogens is 160 g/mol. The number of furan rings is 1. The first-order valence-electron chi connectivity index (χ1n) is 4.67. The smallest absolute Gasteiger partial charge is 0.137 e. The normalized spacial score (nSPS) is 11.4. The minimum absolute atomic E-state index is 0.465. The first-order valence-corrected chi connectivity index (χ1v) is 4.67. The van der Waals surface area contributed by atoms with E-state index >= 15 is 0 Å². The van der Waals surface area contributed by atoms with Crippen LogP contribution in [0.15, 0.2) is 28.7 Å². The van der Waals surface area contributed by atoms with Crippen molar-refractivity contribution in [1.29, 1.82) is 0 Å². The molecule has 1 nitrogen and oxygen atoms in total. The second-order valence-electron chi connectivity index (χ2n) is 3.80. The summed E-state index contributed by atoms with van der Waals surface area (Å²) in [5, 5.41) is 1.21. The van der Waals surface area contributed by atoms with Crippen molar-refractivity contribution in [3.8, 4) is 0 Å². The number of benzene rings is 1. The van der Waals surface area contributed by atoms with Crippen molar-refractivity contribution in [3.05, 3.63) is 35.6 Å². The molecule has 0 bridgehead atoms. The van der Waals surface area contributed by atoms with E-state index in [0.29, 0.717) is 5.92 Å². The molecule has 0 atom stereocenters. The minimum Gasteiger partial charge on any atom is -0.461 e. The Balaban J connectivity index is 2.68. The predicted molar refractivity (Wildman–Crippen MR) is 55.0 cm³/mol. The lowest BCUT2D eigenvalue weighted by Crippen LogP contribution is -1.79. The Kier molecular flexibility index (Phi) is 1.87. The Labute approximate surface area is 78.4 Å². The molecule has 1 aromatic carbocycles. The minimum atomic E-state index is 0.465. The number of hydrogen-bond acceptors (Lipinski definition) is 1. The predicted octanol–water partition coefficient (Wildman–Crippen LogP) is 3.86. The summed E-state index contributed by atoms with van der Waals surface area (Å²) in [4.78, 5) is 0. The van der Waals surface area contributed by atoms with Crippen LogP contribution in [-0.4, -0.2) is 0 Å². The topological polar surface area (TPSA) is 13.1 Å². The molecule has 0 unspecified atom stereocenters. The van der Waals surface area contributed by atoms with Gasteiger partial charge in [0.25, 0.3) is 0 Å². The van der Waals surface area contributed by atoms with Crippen LogP contribution in [0.3, 0.4) is 0 Å². The van der Waals surface area contributed by atoms with E-state index in [4.69, 9.17) is 4.42 Å². The first kappa shape index (κ1) is 8.36. The van der Waals surface area contributed by atoms with Crippen molar-refractivity contribution in [2.45, 2.75) is 26.7 Å². The van der Waals surface area contributed by atoms with Gasteiger partial charge in [0.2, 0.25) is 0 Å². The van der Waals surface area contributed by atoms with E-state index in [1.165, 1.54) is 10.9 Å². The third-order valence-corrected chi connectivity index (χ3v) is 2.33. The number of hydrogen-bond donors (Lipinski definition) is 0. The second kappa shape index (κ2) is 2.91. The summed E-state index contributed by atoms with van der Waals surface area (Å²) >= 11 is 0. The monoisotopic (exact) mass is 174 g/mol. The van der Waals surface area contributed by atoms with Gasteiger partial charge in [-0.05, 0) is 18.6 Å². The molecular formula is C12H14O. The molecule has 0 spiro atoms. The molecule has 0 aliphatic carbocycles. The summed E-state index contributed by atoms with van der Waals surface area (Å²) in [5.74, 6) is 1.54.